The number of carbonyl (C=O) groups is 1. The Balaban J connectivity index is 2.10. The van der Waals surface area contributed by atoms with Gasteiger partial charge in [0.2, 0.25) is 11.8 Å². The van der Waals surface area contributed by atoms with Gasteiger partial charge in [0.1, 0.15) is 11.9 Å². The first-order valence-electron chi connectivity index (χ1n) is 8.08. The summed E-state index contributed by atoms with van der Waals surface area (Å²) in [5, 5.41) is -0.626. The lowest BCUT2D eigenvalue weighted by atomic mass is 10.0. The molecule has 1 aliphatic heterocycles. The zero-order valence-electron chi connectivity index (χ0n) is 14.6. The van der Waals surface area contributed by atoms with Crippen molar-refractivity contribution in [1.29, 1.82) is 0 Å². The molecule has 0 bridgehead atoms. The molecule has 7 heteroatoms. The van der Waals surface area contributed by atoms with E-state index in [1.807, 2.05) is 30.3 Å². The van der Waals surface area contributed by atoms with Crippen LogP contribution in [0.2, 0.25) is 0 Å². The third kappa shape index (κ3) is 3.77. The van der Waals surface area contributed by atoms with Crippen molar-refractivity contribution in [2.24, 2.45) is 10.7 Å². The maximum atomic E-state index is 12.3. The number of methoxy groups -OCH3 is 2. The molecule has 0 spiro atoms. The molecule has 1 heterocycles. The third-order valence-corrected chi connectivity index (χ3v) is 5.18. The molecule has 1 unspecified atom stereocenters. The van der Waals surface area contributed by atoms with Crippen LogP contribution in [0.4, 0.5) is 0 Å². The Morgan fingerprint density at radius 3 is 2.46 bits per heavy atom. The molecule has 0 saturated carbocycles. The largest absolute Gasteiger partial charge is 0.493 e. The monoisotopic (exact) mass is 372 g/mol. The summed E-state index contributed by atoms with van der Waals surface area (Å²) in [6, 6.07) is 13.2. The third-order valence-electron chi connectivity index (χ3n) is 3.91. The lowest BCUT2D eigenvalue weighted by molar-refractivity contribution is -0.117. The van der Waals surface area contributed by atoms with Gasteiger partial charge in [0.05, 0.1) is 20.8 Å². The van der Waals surface area contributed by atoms with Crippen molar-refractivity contribution in [3.8, 4) is 11.5 Å². The van der Waals surface area contributed by atoms with E-state index >= 15 is 0 Å². The predicted molar refractivity (Wildman–Crippen MR) is 101 cm³/mol. The fraction of sp³-hybridized carbons (Fsp3) is 0.263. The highest BCUT2D eigenvalue weighted by molar-refractivity contribution is 8.00. The Kier molecular flexibility index (Phi) is 5.68. The zero-order chi connectivity index (χ0) is 18.5. The number of hydrogen-bond acceptors (Lipinski definition) is 6. The minimum Gasteiger partial charge on any atom is -0.493 e. The number of amides is 1. The van der Waals surface area contributed by atoms with Gasteiger partial charge >= 0.3 is 0 Å². The van der Waals surface area contributed by atoms with Gasteiger partial charge in [0.25, 0.3) is 0 Å². The van der Waals surface area contributed by atoms with Gasteiger partial charge in [0, 0.05) is 10.5 Å². The Morgan fingerprint density at radius 2 is 1.88 bits per heavy atom. The van der Waals surface area contributed by atoms with Crippen LogP contribution >= 0.6 is 11.8 Å². The number of ether oxygens (including phenoxy) is 3. The lowest BCUT2D eigenvalue weighted by Crippen LogP contribution is -2.21. The average molecular weight is 372 g/mol. The molecule has 136 valence electrons. The molecular formula is C19H20N2O4S. The first kappa shape index (κ1) is 18.1. The van der Waals surface area contributed by atoms with Crippen molar-refractivity contribution < 1.29 is 19.0 Å². The first-order chi connectivity index (χ1) is 12.6. The van der Waals surface area contributed by atoms with E-state index in [1.165, 1.54) is 11.8 Å². The summed E-state index contributed by atoms with van der Waals surface area (Å²) >= 11 is 1.37. The SMILES string of the molecule is COc1cc(C2=NCCO2)c(C(Sc2ccccc2)C(N)=O)cc1OC. The van der Waals surface area contributed by atoms with Crippen LogP contribution in [0, 0.1) is 0 Å². The molecule has 0 saturated heterocycles. The number of primary amides is 1. The second-order valence-electron chi connectivity index (χ2n) is 5.54. The highest BCUT2D eigenvalue weighted by Crippen LogP contribution is 2.41. The van der Waals surface area contributed by atoms with Crippen LogP contribution in [0.3, 0.4) is 0 Å². The van der Waals surface area contributed by atoms with E-state index in [2.05, 4.69) is 4.99 Å². The molecule has 2 aromatic carbocycles. The van der Waals surface area contributed by atoms with E-state index in [0.717, 1.165) is 4.90 Å². The quantitative estimate of drug-likeness (QED) is 0.756. The molecule has 0 aromatic heterocycles. The van der Waals surface area contributed by atoms with E-state index in [-0.39, 0.29) is 0 Å². The van der Waals surface area contributed by atoms with Gasteiger partial charge in [-0.15, -0.1) is 11.8 Å². The van der Waals surface area contributed by atoms with E-state index in [4.69, 9.17) is 19.9 Å². The fourth-order valence-corrected chi connectivity index (χ4v) is 3.73. The topological polar surface area (TPSA) is 83.1 Å². The van der Waals surface area contributed by atoms with E-state index in [0.29, 0.717) is 41.7 Å². The zero-order valence-corrected chi connectivity index (χ0v) is 15.4. The highest BCUT2D eigenvalue weighted by Gasteiger charge is 2.28. The number of benzene rings is 2. The molecular weight excluding hydrogens is 352 g/mol. The van der Waals surface area contributed by atoms with Crippen LogP contribution in [-0.4, -0.2) is 39.2 Å². The van der Waals surface area contributed by atoms with Gasteiger partial charge in [-0.05, 0) is 29.8 Å². The molecule has 26 heavy (non-hydrogen) atoms. The maximum Gasteiger partial charge on any atom is 0.235 e. The van der Waals surface area contributed by atoms with Crippen LogP contribution in [0.5, 0.6) is 11.5 Å². The molecule has 0 radical (unpaired) electrons. The minimum atomic E-state index is -0.626. The van der Waals surface area contributed by atoms with Crippen LogP contribution in [-0.2, 0) is 9.53 Å². The Hall–Kier alpha value is -2.67. The van der Waals surface area contributed by atoms with Crippen molar-refractivity contribution in [2.45, 2.75) is 10.1 Å². The predicted octanol–water partition coefficient (Wildman–Crippen LogP) is 2.80. The summed E-state index contributed by atoms with van der Waals surface area (Å²) in [5.74, 6) is 1.09. The number of nitrogens with zero attached hydrogens (tertiary/aromatic N) is 1. The summed E-state index contributed by atoms with van der Waals surface area (Å²) in [6.07, 6.45) is 0. The second kappa shape index (κ2) is 8.14. The van der Waals surface area contributed by atoms with Gasteiger partial charge < -0.3 is 19.9 Å². The standard InChI is InChI=1S/C19H20N2O4S/c1-23-15-10-13(14(11-16(15)24-2)19-21-8-9-25-19)17(18(20)22)26-12-6-4-3-5-7-12/h3-7,10-11,17H,8-9H2,1-2H3,(H2,20,22). The lowest BCUT2D eigenvalue weighted by Gasteiger charge is -2.20. The fourth-order valence-electron chi connectivity index (χ4n) is 2.70. The molecule has 1 atom stereocenters. The molecule has 1 amide bonds. The molecule has 6 nitrogen and oxygen atoms in total. The summed E-state index contributed by atoms with van der Waals surface area (Å²) < 4.78 is 16.4. The van der Waals surface area contributed by atoms with Gasteiger partial charge in [-0.25, -0.2) is 4.99 Å². The van der Waals surface area contributed by atoms with Crippen LogP contribution in [0.1, 0.15) is 16.4 Å². The van der Waals surface area contributed by atoms with E-state index in [9.17, 15) is 4.79 Å². The van der Waals surface area contributed by atoms with Crippen molar-refractivity contribution >= 4 is 23.6 Å². The molecule has 2 aromatic rings. The van der Waals surface area contributed by atoms with Gasteiger partial charge in [-0.3, -0.25) is 4.79 Å². The summed E-state index contributed by atoms with van der Waals surface area (Å²) in [4.78, 5) is 17.6. The molecule has 2 N–H and O–H groups in total. The van der Waals surface area contributed by atoms with Crippen LogP contribution in [0.25, 0.3) is 0 Å². The van der Waals surface area contributed by atoms with Gasteiger partial charge in [0.15, 0.2) is 11.5 Å². The smallest absolute Gasteiger partial charge is 0.235 e. The summed E-state index contributed by atoms with van der Waals surface area (Å²) in [7, 11) is 3.11. The molecule has 0 aliphatic carbocycles. The Morgan fingerprint density at radius 1 is 1.19 bits per heavy atom. The number of aliphatic imine (C=N–C) groups is 1. The minimum absolute atomic E-state index is 0.453. The van der Waals surface area contributed by atoms with E-state index in [1.54, 1.807) is 26.4 Å². The number of thioether (sulfide) groups is 1. The van der Waals surface area contributed by atoms with Gasteiger partial charge in [-0.2, -0.15) is 0 Å². The normalized spacial score (nSPS) is 14.3. The number of rotatable bonds is 7. The summed E-state index contributed by atoms with van der Waals surface area (Å²) in [6.45, 7) is 1.09. The second-order valence-corrected chi connectivity index (χ2v) is 6.72. The summed E-state index contributed by atoms with van der Waals surface area (Å²) in [5.41, 5.74) is 7.11. The first-order valence-corrected chi connectivity index (χ1v) is 8.96. The number of nitrogens with two attached hydrogens (primary N) is 1. The van der Waals surface area contributed by atoms with Crippen molar-refractivity contribution in [3.63, 3.8) is 0 Å². The highest BCUT2D eigenvalue weighted by atomic mass is 32.2. The maximum absolute atomic E-state index is 12.3. The van der Waals surface area contributed by atoms with Crippen molar-refractivity contribution in [2.75, 3.05) is 27.4 Å². The molecule has 1 aliphatic rings. The van der Waals surface area contributed by atoms with Crippen LogP contribution < -0.4 is 15.2 Å². The van der Waals surface area contributed by atoms with E-state index < -0.39 is 11.2 Å². The van der Waals surface area contributed by atoms with Gasteiger partial charge in [-0.1, -0.05) is 18.2 Å². The van der Waals surface area contributed by atoms with Crippen molar-refractivity contribution in [3.05, 3.63) is 53.6 Å². The Labute approximate surface area is 156 Å². The number of carbonyl (C=O) groups excluding carboxylic acids is 1. The number of hydrogen-bond donors (Lipinski definition) is 1. The van der Waals surface area contributed by atoms with Crippen LogP contribution in [0.15, 0.2) is 52.4 Å². The Bertz CT molecular complexity index is 824. The molecule has 3 rings (SSSR count). The average Bonchev–Trinajstić information content (AvgIpc) is 3.20. The molecule has 0 fully saturated rings. The van der Waals surface area contributed by atoms with Crippen molar-refractivity contribution in [1.82, 2.24) is 0 Å².